The number of aryl methyl sites for hydroxylation is 1. The van der Waals surface area contributed by atoms with Crippen LogP contribution in [0.15, 0.2) is 77.7 Å². The third-order valence-electron chi connectivity index (χ3n) is 5.22. The van der Waals surface area contributed by atoms with Crippen LogP contribution in [0.5, 0.6) is 5.75 Å². The number of sulfonamides is 1. The van der Waals surface area contributed by atoms with Gasteiger partial charge in [-0.05, 0) is 55.0 Å². The van der Waals surface area contributed by atoms with E-state index in [1.165, 1.54) is 30.9 Å². The van der Waals surface area contributed by atoms with Gasteiger partial charge in [0, 0.05) is 12.3 Å². The zero-order valence-electron chi connectivity index (χ0n) is 19.7. The van der Waals surface area contributed by atoms with Crippen molar-refractivity contribution in [3.63, 3.8) is 0 Å². The second-order valence-electron chi connectivity index (χ2n) is 7.89. The van der Waals surface area contributed by atoms with Crippen LogP contribution in [0, 0.1) is 6.92 Å². The molecule has 35 heavy (non-hydrogen) atoms. The molecular weight excluding hydrogens is 504 g/mol. The topological polar surface area (TPSA) is 75.7 Å². The van der Waals surface area contributed by atoms with E-state index in [2.05, 4.69) is 17.4 Å². The number of anilines is 1. The van der Waals surface area contributed by atoms with Crippen molar-refractivity contribution in [2.75, 3.05) is 30.3 Å². The van der Waals surface area contributed by atoms with Gasteiger partial charge in [0.2, 0.25) is 5.91 Å². The highest BCUT2D eigenvalue weighted by molar-refractivity contribution is 7.98. The summed E-state index contributed by atoms with van der Waals surface area (Å²) in [4.78, 5) is 12.8. The van der Waals surface area contributed by atoms with Gasteiger partial charge in [-0.15, -0.1) is 0 Å². The van der Waals surface area contributed by atoms with Crippen molar-refractivity contribution in [2.24, 2.45) is 0 Å². The van der Waals surface area contributed by atoms with Crippen LogP contribution in [0.4, 0.5) is 5.69 Å². The van der Waals surface area contributed by atoms with Gasteiger partial charge in [-0.2, -0.15) is 11.8 Å². The Morgan fingerprint density at radius 3 is 2.43 bits per heavy atom. The number of carbonyl (C=O) groups is 1. The average Bonchev–Trinajstić information content (AvgIpc) is 2.85. The molecule has 1 N–H and O–H groups in total. The van der Waals surface area contributed by atoms with Crippen LogP contribution in [-0.4, -0.2) is 40.3 Å². The summed E-state index contributed by atoms with van der Waals surface area (Å²) in [6, 6.07) is 21.3. The number of halogens is 1. The minimum atomic E-state index is -4.00. The number of benzene rings is 3. The van der Waals surface area contributed by atoms with Crippen molar-refractivity contribution in [1.82, 2.24) is 5.32 Å². The molecule has 3 aromatic rings. The molecule has 0 saturated carbocycles. The quantitative estimate of drug-likeness (QED) is 0.321. The van der Waals surface area contributed by atoms with Crippen LogP contribution in [0.2, 0.25) is 5.02 Å². The van der Waals surface area contributed by atoms with E-state index in [0.717, 1.165) is 27.8 Å². The standard InChI is InChI=1S/C26H29ClN2O4S2/c1-20-9-12-23(13-10-20)35(31,32)29(22-11-14-25(33-2)24(27)17-22)18-26(30)28-15-6-16-34-19-21-7-4-3-5-8-21/h3-5,7-14,17H,6,15-16,18-19H2,1-2H3,(H,28,30). The molecule has 1 amide bonds. The number of rotatable bonds is 12. The maximum atomic E-state index is 13.5. The van der Waals surface area contributed by atoms with Crippen LogP contribution < -0.4 is 14.4 Å². The summed E-state index contributed by atoms with van der Waals surface area (Å²) in [6.07, 6.45) is 0.780. The molecule has 0 bridgehead atoms. The molecule has 0 saturated heterocycles. The van der Waals surface area contributed by atoms with Gasteiger partial charge < -0.3 is 10.1 Å². The molecule has 0 aromatic heterocycles. The molecule has 0 radical (unpaired) electrons. The Labute approximate surface area is 216 Å². The van der Waals surface area contributed by atoms with Gasteiger partial charge in [-0.1, -0.05) is 59.6 Å². The molecule has 0 unspecified atom stereocenters. The molecule has 0 aliphatic rings. The summed E-state index contributed by atoms with van der Waals surface area (Å²) in [5.74, 6) is 1.82. The zero-order valence-corrected chi connectivity index (χ0v) is 22.1. The van der Waals surface area contributed by atoms with Crippen molar-refractivity contribution in [3.8, 4) is 5.75 Å². The lowest BCUT2D eigenvalue weighted by molar-refractivity contribution is -0.119. The van der Waals surface area contributed by atoms with Crippen molar-refractivity contribution in [3.05, 3.63) is 88.9 Å². The minimum Gasteiger partial charge on any atom is -0.495 e. The van der Waals surface area contributed by atoms with E-state index in [1.807, 2.05) is 25.1 Å². The fourth-order valence-corrected chi connectivity index (χ4v) is 5.90. The normalized spacial score (nSPS) is 11.2. The number of nitrogens with zero attached hydrogens (tertiary/aromatic N) is 1. The van der Waals surface area contributed by atoms with Gasteiger partial charge in [0.1, 0.15) is 12.3 Å². The predicted octanol–water partition coefficient (Wildman–Crippen LogP) is 5.29. The summed E-state index contributed by atoms with van der Waals surface area (Å²) in [5.41, 5.74) is 2.48. The van der Waals surface area contributed by atoms with Crippen molar-refractivity contribution in [1.29, 1.82) is 0 Å². The summed E-state index contributed by atoms with van der Waals surface area (Å²) in [5, 5.41) is 3.09. The van der Waals surface area contributed by atoms with Crippen LogP contribution in [0.3, 0.4) is 0 Å². The Kier molecular flexibility index (Phi) is 9.89. The van der Waals surface area contributed by atoms with Crippen molar-refractivity contribution in [2.45, 2.75) is 24.0 Å². The lowest BCUT2D eigenvalue weighted by atomic mass is 10.2. The molecule has 0 atom stereocenters. The summed E-state index contributed by atoms with van der Waals surface area (Å²) in [7, 11) is -2.52. The van der Waals surface area contributed by atoms with Crippen LogP contribution in [-0.2, 0) is 20.6 Å². The Morgan fingerprint density at radius 1 is 1.06 bits per heavy atom. The highest BCUT2D eigenvalue weighted by Gasteiger charge is 2.27. The second-order valence-corrected chi connectivity index (χ2v) is 11.3. The molecule has 3 aromatic carbocycles. The molecule has 0 aliphatic carbocycles. The van der Waals surface area contributed by atoms with Crippen LogP contribution >= 0.6 is 23.4 Å². The number of nitrogens with one attached hydrogen (secondary N) is 1. The van der Waals surface area contributed by atoms with Gasteiger partial charge in [0.05, 0.1) is 22.7 Å². The molecule has 0 heterocycles. The van der Waals surface area contributed by atoms with E-state index in [-0.39, 0.29) is 28.1 Å². The maximum absolute atomic E-state index is 13.5. The highest BCUT2D eigenvalue weighted by atomic mass is 35.5. The highest BCUT2D eigenvalue weighted by Crippen LogP contribution is 2.32. The Balaban J connectivity index is 1.65. The predicted molar refractivity (Wildman–Crippen MR) is 144 cm³/mol. The first-order chi connectivity index (χ1) is 16.8. The summed E-state index contributed by atoms with van der Waals surface area (Å²) < 4.78 is 33.2. The molecule has 186 valence electrons. The monoisotopic (exact) mass is 532 g/mol. The number of carbonyl (C=O) groups excluding carboxylic acids is 1. The first kappa shape index (κ1) is 26.9. The van der Waals surface area contributed by atoms with E-state index in [1.54, 1.807) is 36.0 Å². The molecule has 0 spiro atoms. The Hall–Kier alpha value is -2.68. The first-order valence-electron chi connectivity index (χ1n) is 11.1. The van der Waals surface area contributed by atoms with E-state index >= 15 is 0 Å². The summed E-state index contributed by atoms with van der Waals surface area (Å²) in [6.45, 7) is 1.97. The lowest BCUT2D eigenvalue weighted by Crippen LogP contribution is -2.41. The Bertz CT molecular complexity index is 1220. The van der Waals surface area contributed by atoms with Gasteiger partial charge in [-0.25, -0.2) is 8.42 Å². The van der Waals surface area contributed by atoms with Crippen LogP contribution in [0.25, 0.3) is 0 Å². The van der Waals surface area contributed by atoms with E-state index in [0.29, 0.717) is 12.3 Å². The molecule has 0 aliphatic heterocycles. The molecule has 9 heteroatoms. The number of ether oxygens (including phenoxy) is 1. The number of hydrogen-bond acceptors (Lipinski definition) is 5. The smallest absolute Gasteiger partial charge is 0.264 e. The third kappa shape index (κ3) is 7.65. The summed E-state index contributed by atoms with van der Waals surface area (Å²) >= 11 is 8.05. The minimum absolute atomic E-state index is 0.0974. The maximum Gasteiger partial charge on any atom is 0.264 e. The van der Waals surface area contributed by atoms with E-state index < -0.39 is 10.0 Å². The van der Waals surface area contributed by atoms with Gasteiger partial charge in [-0.3, -0.25) is 9.10 Å². The van der Waals surface area contributed by atoms with Gasteiger partial charge in [0.25, 0.3) is 10.0 Å². The number of hydrogen-bond donors (Lipinski definition) is 1. The van der Waals surface area contributed by atoms with Gasteiger partial charge in [0.15, 0.2) is 0 Å². The van der Waals surface area contributed by atoms with E-state index in [9.17, 15) is 13.2 Å². The SMILES string of the molecule is COc1ccc(N(CC(=O)NCCCSCc2ccccc2)S(=O)(=O)c2ccc(C)cc2)cc1Cl. The van der Waals surface area contributed by atoms with Crippen molar-refractivity contribution >= 4 is 45.0 Å². The molecule has 6 nitrogen and oxygen atoms in total. The van der Waals surface area contributed by atoms with Gasteiger partial charge >= 0.3 is 0 Å². The number of methoxy groups -OCH3 is 1. The second kappa shape index (κ2) is 12.9. The largest absolute Gasteiger partial charge is 0.495 e. The molecule has 3 rings (SSSR count). The first-order valence-corrected chi connectivity index (χ1v) is 14.1. The number of thioether (sulfide) groups is 1. The third-order valence-corrected chi connectivity index (χ3v) is 8.42. The van der Waals surface area contributed by atoms with E-state index in [4.69, 9.17) is 16.3 Å². The molecule has 0 fully saturated rings. The fourth-order valence-electron chi connectivity index (χ4n) is 3.32. The average molecular weight is 533 g/mol. The van der Waals surface area contributed by atoms with Crippen LogP contribution in [0.1, 0.15) is 17.5 Å². The lowest BCUT2D eigenvalue weighted by Gasteiger charge is -2.24. The Morgan fingerprint density at radius 2 is 1.77 bits per heavy atom. The molecular formula is C26H29ClN2O4S2. The zero-order chi connectivity index (χ0) is 25.3. The van der Waals surface area contributed by atoms with Crippen molar-refractivity contribution < 1.29 is 17.9 Å². The fraction of sp³-hybridized carbons (Fsp3) is 0.269. The number of amides is 1.